The SMILES string of the molecule is COC(=O)c1cccc(C(C)CCCC(=O)c2cccc(NCc3nnc(-c4ccncn4)n3C)c2)c1. The van der Waals surface area contributed by atoms with Gasteiger partial charge in [-0.1, -0.05) is 31.2 Å². The predicted octanol–water partition coefficient (Wildman–Crippen LogP) is 4.83. The van der Waals surface area contributed by atoms with E-state index >= 15 is 0 Å². The van der Waals surface area contributed by atoms with Gasteiger partial charge in [0.1, 0.15) is 12.0 Å². The Balaban J connectivity index is 1.30. The number of nitrogens with one attached hydrogen (secondary N) is 1. The van der Waals surface area contributed by atoms with Gasteiger partial charge < -0.3 is 14.6 Å². The number of aromatic nitrogens is 5. The Morgan fingerprint density at radius 1 is 1.05 bits per heavy atom. The molecule has 190 valence electrons. The van der Waals surface area contributed by atoms with Crippen LogP contribution >= 0.6 is 0 Å². The van der Waals surface area contributed by atoms with Gasteiger partial charge >= 0.3 is 5.97 Å². The number of anilines is 1. The van der Waals surface area contributed by atoms with Crippen molar-refractivity contribution in [2.45, 2.75) is 38.6 Å². The van der Waals surface area contributed by atoms with Crippen molar-refractivity contribution in [3.05, 3.63) is 89.6 Å². The molecule has 0 amide bonds. The second kappa shape index (κ2) is 12.0. The van der Waals surface area contributed by atoms with Gasteiger partial charge in [0.15, 0.2) is 17.4 Å². The summed E-state index contributed by atoms with van der Waals surface area (Å²) in [4.78, 5) is 32.8. The molecule has 2 aromatic heterocycles. The number of nitrogens with zero attached hydrogens (tertiary/aromatic N) is 5. The van der Waals surface area contributed by atoms with E-state index in [1.807, 2.05) is 54.1 Å². The van der Waals surface area contributed by atoms with E-state index in [-0.39, 0.29) is 17.7 Å². The van der Waals surface area contributed by atoms with Crippen molar-refractivity contribution in [1.29, 1.82) is 0 Å². The van der Waals surface area contributed by atoms with E-state index in [1.54, 1.807) is 18.3 Å². The molecule has 9 nitrogen and oxygen atoms in total. The molecule has 1 unspecified atom stereocenters. The number of rotatable bonds is 11. The quantitative estimate of drug-likeness (QED) is 0.231. The lowest BCUT2D eigenvalue weighted by atomic mass is 9.93. The molecule has 9 heteroatoms. The normalized spacial score (nSPS) is 11.6. The number of ether oxygens (including phenoxy) is 1. The number of Topliss-reactive ketones (excluding diaryl/α,β-unsaturated/α-hetero) is 1. The van der Waals surface area contributed by atoms with Gasteiger partial charge in [0.05, 0.1) is 19.2 Å². The number of carbonyl (C=O) groups excluding carboxylic acids is 2. The van der Waals surface area contributed by atoms with Crippen LogP contribution in [0.5, 0.6) is 0 Å². The van der Waals surface area contributed by atoms with Gasteiger partial charge in [-0.05, 0) is 54.7 Å². The molecule has 0 fully saturated rings. The van der Waals surface area contributed by atoms with E-state index in [2.05, 4.69) is 32.4 Å². The van der Waals surface area contributed by atoms with Crippen LogP contribution in [0.3, 0.4) is 0 Å². The van der Waals surface area contributed by atoms with E-state index in [0.29, 0.717) is 35.6 Å². The summed E-state index contributed by atoms with van der Waals surface area (Å²) in [5, 5.41) is 11.8. The Hall–Kier alpha value is -4.40. The molecular weight excluding hydrogens is 468 g/mol. The summed E-state index contributed by atoms with van der Waals surface area (Å²) < 4.78 is 6.69. The topological polar surface area (TPSA) is 112 Å². The lowest BCUT2D eigenvalue weighted by Crippen LogP contribution is -2.08. The van der Waals surface area contributed by atoms with Gasteiger partial charge in [0, 0.05) is 30.9 Å². The summed E-state index contributed by atoms with van der Waals surface area (Å²) in [6.45, 7) is 2.56. The molecule has 37 heavy (non-hydrogen) atoms. The zero-order chi connectivity index (χ0) is 26.2. The van der Waals surface area contributed by atoms with Crippen molar-refractivity contribution in [2.75, 3.05) is 12.4 Å². The maximum absolute atomic E-state index is 12.9. The molecule has 0 saturated heterocycles. The number of hydrogen-bond acceptors (Lipinski definition) is 8. The van der Waals surface area contributed by atoms with Crippen LogP contribution in [0.2, 0.25) is 0 Å². The summed E-state index contributed by atoms with van der Waals surface area (Å²) in [5.74, 6) is 1.39. The third-order valence-corrected chi connectivity index (χ3v) is 6.33. The highest BCUT2D eigenvalue weighted by atomic mass is 16.5. The Morgan fingerprint density at radius 2 is 1.86 bits per heavy atom. The highest BCUT2D eigenvalue weighted by Crippen LogP contribution is 2.24. The fraction of sp³-hybridized carbons (Fsp3) is 0.286. The van der Waals surface area contributed by atoms with Gasteiger partial charge in [-0.15, -0.1) is 10.2 Å². The first-order valence-electron chi connectivity index (χ1n) is 12.2. The molecule has 0 radical (unpaired) electrons. The first-order valence-corrected chi connectivity index (χ1v) is 12.2. The minimum absolute atomic E-state index is 0.101. The van der Waals surface area contributed by atoms with Gasteiger partial charge in [-0.2, -0.15) is 0 Å². The van der Waals surface area contributed by atoms with Crippen LogP contribution in [0.1, 0.15) is 64.2 Å². The van der Waals surface area contributed by atoms with Crippen LogP contribution in [0.4, 0.5) is 5.69 Å². The largest absolute Gasteiger partial charge is 0.465 e. The second-order valence-corrected chi connectivity index (χ2v) is 8.86. The van der Waals surface area contributed by atoms with E-state index in [4.69, 9.17) is 4.74 Å². The molecular formula is C28H30N6O3. The third-order valence-electron chi connectivity index (χ3n) is 6.33. The maximum Gasteiger partial charge on any atom is 0.337 e. The highest BCUT2D eigenvalue weighted by Gasteiger charge is 2.14. The molecule has 4 rings (SSSR count). The summed E-state index contributed by atoms with van der Waals surface area (Å²) in [6.07, 6.45) is 5.20. The van der Waals surface area contributed by atoms with E-state index < -0.39 is 0 Å². The molecule has 1 N–H and O–H groups in total. The predicted molar refractivity (Wildman–Crippen MR) is 140 cm³/mol. The molecule has 0 aliphatic heterocycles. The number of benzene rings is 2. The van der Waals surface area contributed by atoms with E-state index in [1.165, 1.54) is 13.4 Å². The fourth-order valence-corrected chi connectivity index (χ4v) is 4.11. The number of carbonyl (C=O) groups is 2. The molecule has 0 bridgehead atoms. The maximum atomic E-state index is 12.9. The lowest BCUT2D eigenvalue weighted by Gasteiger charge is -2.13. The summed E-state index contributed by atoms with van der Waals surface area (Å²) in [6, 6.07) is 16.8. The molecule has 4 aromatic rings. The number of hydrogen-bond donors (Lipinski definition) is 1. The van der Waals surface area contributed by atoms with Crippen molar-refractivity contribution < 1.29 is 14.3 Å². The average Bonchev–Trinajstić information content (AvgIpc) is 3.31. The van der Waals surface area contributed by atoms with Crippen molar-refractivity contribution in [3.8, 4) is 11.5 Å². The van der Waals surface area contributed by atoms with Crippen LogP contribution in [0, 0.1) is 0 Å². The van der Waals surface area contributed by atoms with Crippen LogP contribution in [0.15, 0.2) is 67.1 Å². The molecule has 2 heterocycles. The van der Waals surface area contributed by atoms with Crippen molar-refractivity contribution >= 4 is 17.4 Å². The van der Waals surface area contributed by atoms with Gasteiger partial charge in [-0.3, -0.25) is 4.79 Å². The van der Waals surface area contributed by atoms with Gasteiger partial charge in [-0.25, -0.2) is 14.8 Å². The molecule has 1 atom stereocenters. The van der Waals surface area contributed by atoms with Crippen LogP contribution < -0.4 is 5.32 Å². The summed E-state index contributed by atoms with van der Waals surface area (Å²) in [5.41, 5.74) is 3.82. The molecule has 0 spiro atoms. The summed E-state index contributed by atoms with van der Waals surface area (Å²) >= 11 is 0. The number of ketones is 1. The lowest BCUT2D eigenvalue weighted by molar-refractivity contribution is 0.0600. The van der Waals surface area contributed by atoms with E-state index in [0.717, 1.165) is 29.9 Å². The van der Waals surface area contributed by atoms with Crippen LogP contribution in [0.25, 0.3) is 11.5 Å². The minimum Gasteiger partial charge on any atom is -0.465 e. The number of esters is 1. The van der Waals surface area contributed by atoms with Crippen molar-refractivity contribution in [2.24, 2.45) is 7.05 Å². The molecule has 0 aliphatic carbocycles. The third kappa shape index (κ3) is 6.43. The van der Waals surface area contributed by atoms with Crippen molar-refractivity contribution in [1.82, 2.24) is 24.7 Å². The van der Waals surface area contributed by atoms with E-state index in [9.17, 15) is 9.59 Å². The fourth-order valence-electron chi connectivity index (χ4n) is 4.11. The van der Waals surface area contributed by atoms with Gasteiger partial charge in [0.25, 0.3) is 0 Å². The Bertz CT molecular complexity index is 1370. The Morgan fingerprint density at radius 3 is 2.65 bits per heavy atom. The number of methoxy groups -OCH3 is 1. The van der Waals surface area contributed by atoms with Crippen molar-refractivity contribution in [3.63, 3.8) is 0 Å². The zero-order valence-electron chi connectivity index (χ0n) is 21.2. The summed E-state index contributed by atoms with van der Waals surface area (Å²) in [7, 11) is 3.27. The highest BCUT2D eigenvalue weighted by molar-refractivity contribution is 5.96. The monoisotopic (exact) mass is 498 g/mol. The van der Waals surface area contributed by atoms with Crippen LogP contribution in [-0.2, 0) is 18.3 Å². The average molecular weight is 499 g/mol. The molecule has 2 aromatic carbocycles. The minimum atomic E-state index is -0.344. The Kier molecular flexibility index (Phi) is 8.35. The van der Waals surface area contributed by atoms with Crippen LogP contribution in [-0.4, -0.2) is 43.6 Å². The van der Waals surface area contributed by atoms with Gasteiger partial charge in [0.2, 0.25) is 0 Å². The molecule has 0 saturated carbocycles. The smallest absolute Gasteiger partial charge is 0.337 e. The zero-order valence-corrected chi connectivity index (χ0v) is 21.2. The first-order chi connectivity index (χ1) is 18.0. The standard InChI is InChI=1S/C28H30N6O3/c1-19(20-8-5-10-22(15-20)28(36)37-3)7-4-12-25(35)21-9-6-11-23(16-21)30-17-26-32-33-27(34(26)2)24-13-14-29-18-31-24/h5-6,8-11,13-16,18-19,30H,4,7,12,17H2,1-3H3. The second-order valence-electron chi connectivity index (χ2n) is 8.86. The molecule has 0 aliphatic rings. The Labute approximate surface area is 216 Å². The first kappa shape index (κ1) is 25.7.